The maximum Gasteiger partial charge on any atom is 0.221 e. The number of nitrogens with zero attached hydrogens (tertiary/aromatic N) is 2. The number of nitrogens with two attached hydrogens (primary N) is 1. The van der Waals surface area contributed by atoms with E-state index in [1.807, 2.05) is 17.8 Å². The van der Waals surface area contributed by atoms with Crippen molar-refractivity contribution in [2.45, 2.75) is 37.6 Å². The topological polar surface area (TPSA) is 72.9 Å². The third-order valence-electron chi connectivity index (χ3n) is 3.49. The Morgan fingerprint density at radius 3 is 2.94 bits per heavy atom. The molecule has 1 aromatic rings. The summed E-state index contributed by atoms with van der Waals surface area (Å²) in [7, 11) is 1.90. The zero-order valence-corrected chi connectivity index (χ0v) is 10.3. The number of rotatable bonds is 5. The second-order valence-corrected chi connectivity index (χ2v) is 4.94. The van der Waals surface area contributed by atoms with E-state index in [0.717, 1.165) is 31.4 Å². The zero-order valence-electron chi connectivity index (χ0n) is 10.3. The molecule has 17 heavy (non-hydrogen) atoms. The highest BCUT2D eigenvalue weighted by molar-refractivity contribution is 5.77. The molecule has 5 heteroatoms. The lowest BCUT2D eigenvalue weighted by Gasteiger charge is -2.37. The second kappa shape index (κ2) is 4.87. The lowest BCUT2D eigenvalue weighted by Crippen LogP contribution is -2.50. The second-order valence-electron chi connectivity index (χ2n) is 4.94. The summed E-state index contributed by atoms with van der Waals surface area (Å²) in [6.45, 7) is 0.647. The van der Waals surface area contributed by atoms with Gasteiger partial charge < -0.3 is 11.1 Å². The minimum absolute atomic E-state index is 0.0642. The van der Waals surface area contributed by atoms with Gasteiger partial charge in [0.1, 0.15) is 0 Å². The number of nitrogens with one attached hydrogen (secondary N) is 1. The van der Waals surface area contributed by atoms with Crippen molar-refractivity contribution in [1.29, 1.82) is 0 Å². The van der Waals surface area contributed by atoms with E-state index in [1.165, 1.54) is 0 Å². The fourth-order valence-corrected chi connectivity index (χ4v) is 2.17. The van der Waals surface area contributed by atoms with Crippen molar-refractivity contribution in [3.05, 3.63) is 18.0 Å². The molecule has 0 spiro atoms. The van der Waals surface area contributed by atoms with Crippen LogP contribution in [0.4, 0.5) is 0 Å². The first-order valence-corrected chi connectivity index (χ1v) is 6.12. The van der Waals surface area contributed by atoms with Crippen LogP contribution in [-0.2, 0) is 18.3 Å². The maximum absolute atomic E-state index is 11.7. The average molecular weight is 236 g/mol. The first kappa shape index (κ1) is 12.1. The third kappa shape index (κ3) is 3.06. The molecule has 0 atom stereocenters. The third-order valence-corrected chi connectivity index (χ3v) is 3.49. The van der Waals surface area contributed by atoms with Crippen molar-refractivity contribution >= 4 is 5.91 Å². The molecule has 1 heterocycles. The van der Waals surface area contributed by atoms with Crippen LogP contribution < -0.4 is 11.1 Å². The summed E-state index contributed by atoms with van der Waals surface area (Å²) >= 11 is 0. The van der Waals surface area contributed by atoms with Gasteiger partial charge in [0.05, 0.1) is 0 Å². The lowest BCUT2D eigenvalue weighted by molar-refractivity contribution is -0.122. The minimum atomic E-state index is -0.226. The molecule has 0 bridgehead atoms. The predicted molar refractivity (Wildman–Crippen MR) is 65.3 cm³/mol. The van der Waals surface area contributed by atoms with Crippen LogP contribution in [0, 0.1) is 0 Å². The van der Waals surface area contributed by atoms with Crippen molar-refractivity contribution in [3.63, 3.8) is 0 Å². The number of hydrogen-bond acceptors (Lipinski definition) is 3. The summed E-state index contributed by atoms with van der Waals surface area (Å²) < 4.78 is 1.82. The molecule has 0 radical (unpaired) electrons. The largest absolute Gasteiger partial charge is 0.356 e. The van der Waals surface area contributed by atoms with Crippen molar-refractivity contribution in [1.82, 2.24) is 15.1 Å². The summed E-state index contributed by atoms with van der Waals surface area (Å²) in [5.74, 6) is 0.0642. The number of aryl methyl sites for hydroxylation is 1. The first-order chi connectivity index (χ1) is 8.09. The Bertz CT molecular complexity index is 395. The van der Waals surface area contributed by atoms with Gasteiger partial charge in [-0.05, 0) is 25.3 Å². The fraction of sp³-hybridized carbons (Fsp3) is 0.667. The van der Waals surface area contributed by atoms with Crippen LogP contribution in [0.2, 0.25) is 0 Å². The highest BCUT2D eigenvalue weighted by Crippen LogP contribution is 2.31. The standard InChI is InChI=1S/C12H20N4O/c1-16-10(4-8-15-16)3-7-14-11(17)9-12(13)5-2-6-12/h4,8H,2-3,5-7,9,13H2,1H3,(H,14,17). The van der Waals surface area contributed by atoms with Crippen LogP contribution in [0.5, 0.6) is 0 Å². The Morgan fingerprint density at radius 1 is 1.65 bits per heavy atom. The summed E-state index contributed by atoms with van der Waals surface area (Å²) in [5.41, 5.74) is 6.92. The highest BCUT2D eigenvalue weighted by atomic mass is 16.1. The molecule has 94 valence electrons. The van der Waals surface area contributed by atoms with Crippen LogP contribution in [-0.4, -0.2) is 27.8 Å². The number of carbonyl (C=O) groups is 1. The Hall–Kier alpha value is -1.36. The molecule has 1 saturated carbocycles. The summed E-state index contributed by atoms with van der Waals surface area (Å²) in [5, 5.41) is 6.99. The summed E-state index contributed by atoms with van der Waals surface area (Å²) in [4.78, 5) is 11.7. The fourth-order valence-electron chi connectivity index (χ4n) is 2.17. The van der Waals surface area contributed by atoms with Crippen molar-refractivity contribution in [2.24, 2.45) is 12.8 Å². The molecule has 1 fully saturated rings. The van der Waals surface area contributed by atoms with Gasteiger partial charge in [-0.2, -0.15) is 5.10 Å². The minimum Gasteiger partial charge on any atom is -0.356 e. The van der Waals surface area contributed by atoms with Gasteiger partial charge in [0.15, 0.2) is 0 Å². The van der Waals surface area contributed by atoms with Gasteiger partial charge in [-0.15, -0.1) is 0 Å². The van der Waals surface area contributed by atoms with E-state index in [9.17, 15) is 4.79 Å². The molecule has 1 aromatic heterocycles. The lowest BCUT2D eigenvalue weighted by atomic mass is 9.75. The number of carbonyl (C=O) groups excluding carboxylic acids is 1. The molecule has 0 aliphatic heterocycles. The SMILES string of the molecule is Cn1nccc1CCNC(=O)CC1(N)CCC1. The molecular formula is C12H20N4O. The predicted octanol–water partition coefficient (Wildman–Crippen LogP) is 0.350. The van der Waals surface area contributed by atoms with Crippen LogP contribution in [0.25, 0.3) is 0 Å². The zero-order chi connectivity index (χ0) is 12.3. The molecule has 5 nitrogen and oxygen atoms in total. The van der Waals surface area contributed by atoms with Gasteiger partial charge in [-0.1, -0.05) is 0 Å². The molecule has 0 aromatic carbocycles. The van der Waals surface area contributed by atoms with E-state index in [4.69, 9.17) is 5.73 Å². The van der Waals surface area contributed by atoms with Gasteiger partial charge in [0, 0.05) is 43.9 Å². The Labute approximate surface area is 101 Å². The van der Waals surface area contributed by atoms with Crippen molar-refractivity contribution < 1.29 is 4.79 Å². The van der Waals surface area contributed by atoms with Gasteiger partial charge in [0.25, 0.3) is 0 Å². The van der Waals surface area contributed by atoms with Crippen LogP contribution in [0.3, 0.4) is 0 Å². The quantitative estimate of drug-likeness (QED) is 0.775. The van der Waals surface area contributed by atoms with E-state index in [1.54, 1.807) is 6.20 Å². The Morgan fingerprint density at radius 2 is 2.41 bits per heavy atom. The Balaban J connectivity index is 1.68. The molecule has 0 saturated heterocycles. The average Bonchev–Trinajstić information content (AvgIpc) is 2.62. The van der Waals surface area contributed by atoms with Gasteiger partial charge in [-0.25, -0.2) is 0 Å². The normalized spacial score (nSPS) is 17.5. The summed E-state index contributed by atoms with van der Waals surface area (Å²) in [6.07, 6.45) is 6.13. The number of aromatic nitrogens is 2. The highest BCUT2D eigenvalue weighted by Gasteiger charge is 2.34. The molecule has 1 aliphatic carbocycles. The van der Waals surface area contributed by atoms with E-state index < -0.39 is 0 Å². The smallest absolute Gasteiger partial charge is 0.221 e. The monoisotopic (exact) mass is 236 g/mol. The van der Waals surface area contributed by atoms with Crippen molar-refractivity contribution in [3.8, 4) is 0 Å². The number of amides is 1. The van der Waals surface area contributed by atoms with Crippen molar-refractivity contribution in [2.75, 3.05) is 6.54 Å². The van der Waals surface area contributed by atoms with E-state index >= 15 is 0 Å². The Kier molecular flexibility index (Phi) is 3.47. The molecule has 2 rings (SSSR count). The van der Waals surface area contributed by atoms with E-state index in [0.29, 0.717) is 13.0 Å². The van der Waals surface area contributed by atoms with E-state index in [2.05, 4.69) is 10.4 Å². The van der Waals surface area contributed by atoms with Crippen LogP contribution in [0.15, 0.2) is 12.3 Å². The molecule has 1 aliphatic rings. The summed E-state index contributed by atoms with van der Waals surface area (Å²) in [6, 6.07) is 1.96. The molecule has 3 N–H and O–H groups in total. The van der Waals surface area contributed by atoms with Gasteiger partial charge >= 0.3 is 0 Å². The maximum atomic E-state index is 11.7. The molecule has 0 unspecified atom stereocenters. The molecule has 1 amide bonds. The first-order valence-electron chi connectivity index (χ1n) is 6.12. The van der Waals surface area contributed by atoms with E-state index in [-0.39, 0.29) is 11.4 Å². The van der Waals surface area contributed by atoms with Crippen LogP contribution >= 0.6 is 0 Å². The van der Waals surface area contributed by atoms with Gasteiger partial charge in [0.2, 0.25) is 5.91 Å². The number of hydrogen-bond donors (Lipinski definition) is 2. The van der Waals surface area contributed by atoms with Crippen LogP contribution in [0.1, 0.15) is 31.4 Å². The van der Waals surface area contributed by atoms with Gasteiger partial charge in [-0.3, -0.25) is 9.48 Å². The molecular weight excluding hydrogens is 216 g/mol.